The van der Waals surface area contributed by atoms with E-state index in [1.54, 1.807) is 12.1 Å². The van der Waals surface area contributed by atoms with Crippen LogP contribution in [-0.4, -0.2) is 24.9 Å². The summed E-state index contributed by atoms with van der Waals surface area (Å²) in [7, 11) is 0. The molecule has 2 N–H and O–H groups in total. The fourth-order valence-electron chi connectivity index (χ4n) is 1.79. The van der Waals surface area contributed by atoms with Gasteiger partial charge in [-0.2, -0.15) is 0 Å². The molecule has 0 bridgehead atoms. The molecule has 0 spiro atoms. The molecule has 17 heavy (non-hydrogen) atoms. The summed E-state index contributed by atoms with van der Waals surface area (Å²) in [5.41, 5.74) is 1.10. The average molecular weight is 235 g/mol. The Bertz CT molecular complexity index is 350. The molecule has 0 aliphatic heterocycles. The number of hydrogen-bond donors (Lipinski definition) is 2. The Kier molecular flexibility index (Phi) is 4.40. The van der Waals surface area contributed by atoms with Crippen LogP contribution in [0.5, 0.6) is 5.75 Å². The summed E-state index contributed by atoms with van der Waals surface area (Å²) >= 11 is 0. The van der Waals surface area contributed by atoms with Crippen molar-refractivity contribution in [3.05, 3.63) is 29.8 Å². The van der Waals surface area contributed by atoms with E-state index in [2.05, 4.69) is 12.2 Å². The predicted octanol–water partition coefficient (Wildman–Crippen LogP) is 2.47. The summed E-state index contributed by atoms with van der Waals surface area (Å²) in [5.74, 6) is 1.15. The standard InChI is InChI=1S/C14H21NO2/c1-11(13-3-2-4-14(16)9-13)15-7-8-17-10-12-5-6-12/h2-4,9,11-12,15-16H,5-8,10H2,1H3. The van der Waals surface area contributed by atoms with Crippen LogP contribution in [0.1, 0.15) is 31.4 Å². The first-order valence-electron chi connectivity index (χ1n) is 6.36. The van der Waals surface area contributed by atoms with Crippen molar-refractivity contribution in [2.24, 2.45) is 5.92 Å². The first kappa shape index (κ1) is 12.4. The summed E-state index contributed by atoms with van der Waals surface area (Å²) in [5, 5.41) is 12.8. The van der Waals surface area contributed by atoms with Gasteiger partial charge in [0.25, 0.3) is 0 Å². The molecule has 2 rings (SSSR count). The van der Waals surface area contributed by atoms with Crippen molar-refractivity contribution in [3.8, 4) is 5.75 Å². The van der Waals surface area contributed by atoms with Crippen LogP contribution in [0, 0.1) is 5.92 Å². The van der Waals surface area contributed by atoms with Crippen molar-refractivity contribution in [2.75, 3.05) is 19.8 Å². The lowest BCUT2D eigenvalue weighted by Crippen LogP contribution is -2.23. The lowest BCUT2D eigenvalue weighted by Gasteiger charge is -2.14. The van der Waals surface area contributed by atoms with Gasteiger partial charge in [0.15, 0.2) is 0 Å². The van der Waals surface area contributed by atoms with Gasteiger partial charge in [0.05, 0.1) is 6.61 Å². The van der Waals surface area contributed by atoms with E-state index in [4.69, 9.17) is 4.74 Å². The van der Waals surface area contributed by atoms with Crippen LogP contribution < -0.4 is 5.32 Å². The van der Waals surface area contributed by atoms with Gasteiger partial charge >= 0.3 is 0 Å². The molecule has 1 unspecified atom stereocenters. The van der Waals surface area contributed by atoms with Crippen molar-refractivity contribution in [3.63, 3.8) is 0 Å². The molecular weight excluding hydrogens is 214 g/mol. The van der Waals surface area contributed by atoms with Crippen LogP contribution in [0.4, 0.5) is 0 Å². The van der Waals surface area contributed by atoms with Crippen LogP contribution in [0.3, 0.4) is 0 Å². The molecule has 0 saturated heterocycles. The van der Waals surface area contributed by atoms with E-state index in [9.17, 15) is 5.11 Å². The zero-order chi connectivity index (χ0) is 12.1. The normalized spacial score (nSPS) is 17.0. The molecule has 0 aromatic heterocycles. The quantitative estimate of drug-likeness (QED) is 0.713. The first-order valence-corrected chi connectivity index (χ1v) is 6.36. The minimum Gasteiger partial charge on any atom is -0.508 e. The van der Waals surface area contributed by atoms with Crippen LogP contribution in [0.15, 0.2) is 24.3 Å². The van der Waals surface area contributed by atoms with E-state index < -0.39 is 0 Å². The fraction of sp³-hybridized carbons (Fsp3) is 0.571. The highest BCUT2D eigenvalue weighted by molar-refractivity contribution is 5.28. The second kappa shape index (κ2) is 6.03. The summed E-state index contributed by atoms with van der Waals surface area (Å²) in [6, 6.07) is 7.61. The third kappa shape index (κ3) is 4.36. The molecule has 1 aliphatic rings. The van der Waals surface area contributed by atoms with Gasteiger partial charge in [0.2, 0.25) is 0 Å². The lowest BCUT2D eigenvalue weighted by atomic mass is 10.1. The van der Waals surface area contributed by atoms with Crippen LogP contribution in [0.25, 0.3) is 0 Å². The largest absolute Gasteiger partial charge is 0.508 e. The van der Waals surface area contributed by atoms with E-state index in [-0.39, 0.29) is 6.04 Å². The van der Waals surface area contributed by atoms with Gasteiger partial charge in [-0.15, -0.1) is 0 Å². The summed E-state index contributed by atoms with van der Waals surface area (Å²) in [6.45, 7) is 4.63. The Labute approximate surface area is 103 Å². The van der Waals surface area contributed by atoms with Crippen molar-refractivity contribution < 1.29 is 9.84 Å². The van der Waals surface area contributed by atoms with Crippen molar-refractivity contribution in [1.29, 1.82) is 0 Å². The summed E-state index contributed by atoms with van der Waals surface area (Å²) in [4.78, 5) is 0. The topological polar surface area (TPSA) is 41.5 Å². The number of aromatic hydroxyl groups is 1. The number of nitrogens with one attached hydrogen (secondary N) is 1. The maximum atomic E-state index is 9.39. The number of phenolic OH excluding ortho intramolecular Hbond substituents is 1. The van der Waals surface area contributed by atoms with Crippen molar-refractivity contribution in [1.82, 2.24) is 5.32 Å². The van der Waals surface area contributed by atoms with E-state index in [1.165, 1.54) is 12.8 Å². The summed E-state index contributed by atoms with van der Waals surface area (Å²) < 4.78 is 5.56. The Morgan fingerprint density at radius 2 is 2.29 bits per heavy atom. The maximum Gasteiger partial charge on any atom is 0.115 e. The third-order valence-corrected chi connectivity index (χ3v) is 3.12. The van der Waals surface area contributed by atoms with Gasteiger partial charge in [-0.3, -0.25) is 0 Å². The first-order chi connectivity index (χ1) is 8.25. The molecule has 0 heterocycles. The number of rotatable bonds is 7. The monoisotopic (exact) mass is 235 g/mol. The predicted molar refractivity (Wildman–Crippen MR) is 68.1 cm³/mol. The second-order valence-electron chi connectivity index (χ2n) is 4.79. The molecule has 0 amide bonds. The molecule has 3 heteroatoms. The molecule has 1 saturated carbocycles. The maximum absolute atomic E-state index is 9.39. The molecule has 1 fully saturated rings. The zero-order valence-corrected chi connectivity index (χ0v) is 10.4. The Morgan fingerprint density at radius 3 is 3.00 bits per heavy atom. The van der Waals surface area contributed by atoms with E-state index in [1.807, 2.05) is 12.1 Å². The molecule has 3 nitrogen and oxygen atoms in total. The number of benzene rings is 1. The summed E-state index contributed by atoms with van der Waals surface area (Å²) in [6.07, 6.45) is 2.68. The fourth-order valence-corrected chi connectivity index (χ4v) is 1.79. The molecule has 1 aliphatic carbocycles. The van der Waals surface area contributed by atoms with E-state index >= 15 is 0 Å². The Morgan fingerprint density at radius 1 is 1.47 bits per heavy atom. The highest BCUT2D eigenvalue weighted by atomic mass is 16.5. The average Bonchev–Trinajstić information content (AvgIpc) is 3.12. The van der Waals surface area contributed by atoms with Crippen LogP contribution in [-0.2, 0) is 4.74 Å². The molecule has 0 radical (unpaired) electrons. The van der Waals surface area contributed by atoms with Gasteiger partial charge in [-0.05, 0) is 43.4 Å². The Balaban J connectivity index is 1.63. The third-order valence-electron chi connectivity index (χ3n) is 3.12. The van der Waals surface area contributed by atoms with E-state index in [0.717, 1.165) is 31.2 Å². The van der Waals surface area contributed by atoms with Gasteiger partial charge in [-0.25, -0.2) is 0 Å². The molecule has 1 atom stereocenters. The SMILES string of the molecule is CC(NCCOCC1CC1)c1cccc(O)c1. The number of ether oxygens (including phenoxy) is 1. The molecule has 1 aromatic carbocycles. The molecule has 94 valence electrons. The zero-order valence-electron chi connectivity index (χ0n) is 10.4. The molecular formula is C14H21NO2. The Hall–Kier alpha value is -1.06. The highest BCUT2D eigenvalue weighted by Crippen LogP contribution is 2.28. The van der Waals surface area contributed by atoms with Gasteiger partial charge in [-0.1, -0.05) is 12.1 Å². The minimum atomic E-state index is 0.242. The van der Waals surface area contributed by atoms with Crippen molar-refractivity contribution in [2.45, 2.75) is 25.8 Å². The van der Waals surface area contributed by atoms with Gasteiger partial charge in [0.1, 0.15) is 5.75 Å². The molecule has 1 aromatic rings. The van der Waals surface area contributed by atoms with Crippen LogP contribution in [0.2, 0.25) is 0 Å². The highest BCUT2D eigenvalue weighted by Gasteiger charge is 2.20. The van der Waals surface area contributed by atoms with Crippen LogP contribution >= 0.6 is 0 Å². The number of hydrogen-bond acceptors (Lipinski definition) is 3. The second-order valence-corrected chi connectivity index (χ2v) is 4.79. The van der Waals surface area contributed by atoms with Gasteiger partial charge < -0.3 is 15.2 Å². The minimum absolute atomic E-state index is 0.242. The number of phenols is 1. The van der Waals surface area contributed by atoms with E-state index in [0.29, 0.717) is 5.75 Å². The smallest absolute Gasteiger partial charge is 0.115 e. The van der Waals surface area contributed by atoms with Crippen molar-refractivity contribution >= 4 is 0 Å². The lowest BCUT2D eigenvalue weighted by molar-refractivity contribution is 0.124. The van der Waals surface area contributed by atoms with Gasteiger partial charge in [0, 0.05) is 19.2 Å².